The maximum atomic E-state index is 5.10. The fourth-order valence-corrected chi connectivity index (χ4v) is 1.07. The molecule has 0 bridgehead atoms. The normalized spacial score (nSPS) is 10.0. The highest BCUT2D eigenvalue weighted by Crippen LogP contribution is 2.16. The molecule has 2 nitrogen and oxygen atoms in total. The molecule has 1 aromatic rings. The van der Waals surface area contributed by atoms with Gasteiger partial charge in [-0.25, -0.2) is 4.98 Å². The van der Waals surface area contributed by atoms with Gasteiger partial charge >= 0.3 is 0 Å². The Morgan fingerprint density at radius 1 is 1.29 bits per heavy atom. The van der Waals surface area contributed by atoms with Crippen LogP contribution < -0.4 is 0 Å². The Morgan fingerprint density at radius 3 is 2.12 bits per heavy atom. The van der Waals surface area contributed by atoms with Crippen LogP contribution in [0.1, 0.15) is 53.0 Å². The van der Waals surface area contributed by atoms with Crippen LogP contribution in [0.3, 0.4) is 0 Å². The summed E-state index contributed by atoms with van der Waals surface area (Å²) >= 11 is 0. The van der Waals surface area contributed by atoms with Crippen molar-refractivity contribution in [3.05, 3.63) is 36.1 Å². The molecular formula is C15H27NO. The molecule has 0 aromatic carbocycles. The van der Waals surface area contributed by atoms with Gasteiger partial charge in [-0.15, -0.1) is 0 Å². The summed E-state index contributed by atoms with van der Waals surface area (Å²) in [6.07, 6.45) is 5.33. The first-order chi connectivity index (χ1) is 8.15. The Balaban J connectivity index is 0. The standard InChI is InChI=1S/C11H15NO.2C2H6/c1-5-10(8(2)3)6-11-9(4)13-7-12-11;2*1-2/h5-8H,1H2,2-4H3;2*1-2H3/b10-6+;;. The van der Waals surface area contributed by atoms with Crippen molar-refractivity contribution in [2.75, 3.05) is 0 Å². The van der Waals surface area contributed by atoms with Crippen molar-refractivity contribution in [1.29, 1.82) is 0 Å². The van der Waals surface area contributed by atoms with Crippen molar-refractivity contribution >= 4 is 6.08 Å². The molecule has 0 spiro atoms. The van der Waals surface area contributed by atoms with Crippen LogP contribution in [0, 0.1) is 12.8 Å². The summed E-state index contributed by atoms with van der Waals surface area (Å²) in [5.74, 6) is 1.31. The van der Waals surface area contributed by atoms with Gasteiger partial charge in [0.25, 0.3) is 0 Å². The molecule has 2 heteroatoms. The highest BCUT2D eigenvalue weighted by atomic mass is 16.3. The van der Waals surface area contributed by atoms with E-state index >= 15 is 0 Å². The highest BCUT2D eigenvalue weighted by Gasteiger charge is 2.03. The lowest BCUT2D eigenvalue weighted by molar-refractivity contribution is 0.526. The van der Waals surface area contributed by atoms with E-state index in [1.54, 1.807) is 0 Å². The molecule has 0 atom stereocenters. The minimum absolute atomic E-state index is 0.466. The van der Waals surface area contributed by atoms with Crippen molar-refractivity contribution in [3.8, 4) is 0 Å². The third-order valence-corrected chi connectivity index (χ3v) is 1.99. The van der Waals surface area contributed by atoms with Crippen LogP contribution in [0.15, 0.2) is 29.0 Å². The average molecular weight is 237 g/mol. The van der Waals surface area contributed by atoms with Crippen LogP contribution in [-0.2, 0) is 0 Å². The van der Waals surface area contributed by atoms with Crippen molar-refractivity contribution in [1.82, 2.24) is 4.98 Å². The van der Waals surface area contributed by atoms with Gasteiger partial charge in [-0.05, 0) is 24.5 Å². The zero-order valence-electron chi connectivity index (χ0n) is 12.4. The maximum absolute atomic E-state index is 5.10. The summed E-state index contributed by atoms with van der Waals surface area (Å²) in [6, 6.07) is 0. The molecule has 17 heavy (non-hydrogen) atoms. The van der Waals surface area contributed by atoms with Gasteiger partial charge in [0, 0.05) is 0 Å². The summed E-state index contributed by atoms with van der Waals surface area (Å²) in [4.78, 5) is 4.10. The number of rotatable bonds is 3. The lowest BCUT2D eigenvalue weighted by atomic mass is 10.0. The number of nitrogens with zero attached hydrogens (tertiary/aromatic N) is 1. The Bertz CT molecular complexity index is 321. The smallest absolute Gasteiger partial charge is 0.181 e. The number of allylic oxidation sites excluding steroid dienone is 2. The van der Waals surface area contributed by atoms with E-state index in [4.69, 9.17) is 4.42 Å². The van der Waals surface area contributed by atoms with Crippen molar-refractivity contribution < 1.29 is 4.42 Å². The van der Waals surface area contributed by atoms with Crippen LogP contribution in [0.5, 0.6) is 0 Å². The summed E-state index contributed by atoms with van der Waals surface area (Å²) in [5, 5.41) is 0. The lowest BCUT2D eigenvalue weighted by Crippen LogP contribution is -1.90. The van der Waals surface area contributed by atoms with Crippen LogP contribution >= 0.6 is 0 Å². The van der Waals surface area contributed by atoms with Gasteiger partial charge in [-0.2, -0.15) is 0 Å². The molecule has 0 unspecified atom stereocenters. The molecule has 0 fully saturated rings. The predicted octanol–water partition coefficient (Wildman–Crippen LogP) is 5.26. The third-order valence-electron chi connectivity index (χ3n) is 1.99. The van der Waals surface area contributed by atoms with E-state index in [0.717, 1.165) is 11.5 Å². The van der Waals surface area contributed by atoms with Gasteiger partial charge in [-0.3, -0.25) is 0 Å². The number of oxazole rings is 1. The first kappa shape index (κ1) is 18.1. The van der Waals surface area contributed by atoms with Gasteiger partial charge in [0.2, 0.25) is 0 Å². The number of hydrogen-bond acceptors (Lipinski definition) is 2. The van der Waals surface area contributed by atoms with Gasteiger partial charge in [0.1, 0.15) is 11.5 Å². The molecular weight excluding hydrogens is 210 g/mol. The van der Waals surface area contributed by atoms with Gasteiger partial charge in [0.15, 0.2) is 6.39 Å². The SMILES string of the molecule is C=C/C(=C\c1ncoc1C)C(C)C.CC.CC. The molecule has 0 aliphatic heterocycles. The molecule has 0 aliphatic carbocycles. The third kappa shape index (κ3) is 6.77. The zero-order valence-corrected chi connectivity index (χ0v) is 12.4. The first-order valence-electron chi connectivity index (χ1n) is 6.39. The largest absolute Gasteiger partial charge is 0.448 e. The van der Waals surface area contributed by atoms with Crippen molar-refractivity contribution in [3.63, 3.8) is 0 Å². The number of aryl methyl sites for hydroxylation is 1. The van der Waals surface area contributed by atoms with Gasteiger partial charge < -0.3 is 4.42 Å². The molecule has 98 valence electrons. The minimum Gasteiger partial charge on any atom is -0.448 e. The van der Waals surface area contributed by atoms with E-state index in [0.29, 0.717) is 5.92 Å². The Morgan fingerprint density at radius 2 is 1.82 bits per heavy atom. The maximum Gasteiger partial charge on any atom is 0.181 e. The topological polar surface area (TPSA) is 26.0 Å². The molecule has 1 rings (SSSR count). The Labute approximate surface area is 106 Å². The highest BCUT2D eigenvalue weighted by molar-refractivity contribution is 5.53. The zero-order chi connectivity index (χ0) is 13.8. The van der Waals surface area contributed by atoms with E-state index in [2.05, 4.69) is 25.4 Å². The van der Waals surface area contributed by atoms with Gasteiger partial charge in [0.05, 0.1) is 0 Å². The number of aromatic nitrogens is 1. The average Bonchev–Trinajstić information content (AvgIpc) is 2.76. The minimum atomic E-state index is 0.466. The quantitative estimate of drug-likeness (QED) is 0.670. The summed E-state index contributed by atoms with van der Waals surface area (Å²) in [6.45, 7) is 17.9. The van der Waals surface area contributed by atoms with Crippen LogP contribution in [0.25, 0.3) is 6.08 Å². The molecule has 0 amide bonds. The fourth-order valence-electron chi connectivity index (χ4n) is 1.07. The monoisotopic (exact) mass is 237 g/mol. The van der Waals surface area contributed by atoms with E-state index < -0.39 is 0 Å². The molecule has 0 N–H and O–H groups in total. The Hall–Kier alpha value is -1.31. The predicted molar refractivity (Wildman–Crippen MR) is 76.9 cm³/mol. The van der Waals surface area contributed by atoms with Crippen LogP contribution in [0.4, 0.5) is 0 Å². The van der Waals surface area contributed by atoms with Crippen LogP contribution in [0.2, 0.25) is 0 Å². The second-order valence-electron chi connectivity index (χ2n) is 3.30. The summed E-state index contributed by atoms with van der Waals surface area (Å²) < 4.78 is 5.10. The Kier molecular flexibility index (Phi) is 11.9. The fraction of sp³-hybridized carbons (Fsp3) is 0.533. The molecule has 1 aromatic heterocycles. The molecule has 0 radical (unpaired) electrons. The molecule has 1 heterocycles. The van der Waals surface area contributed by atoms with Gasteiger partial charge in [-0.1, -0.05) is 54.2 Å². The van der Waals surface area contributed by atoms with Crippen molar-refractivity contribution in [2.45, 2.75) is 48.5 Å². The van der Waals surface area contributed by atoms with E-state index in [1.165, 1.54) is 12.0 Å². The van der Waals surface area contributed by atoms with E-state index in [9.17, 15) is 0 Å². The molecule has 0 aliphatic rings. The summed E-state index contributed by atoms with van der Waals surface area (Å²) in [7, 11) is 0. The number of hydrogen-bond donors (Lipinski definition) is 0. The summed E-state index contributed by atoms with van der Waals surface area (Å²) in [5.41, 5.74) is 2.07. The van der Waals surface area contributed by atoms with E-state index in [-0.39, 0.29) is 0 Å². The lowest BCUT2D eigenvalue weighted by Gasteiger charge is -2.04. The molecule has 0 saturated heterocycles. The van der Waals surface area contributed by atoms with Crippen molar-refractivity contribution in [2.24, 2.45) is 5.92 Å². The van der Waals surface area contributed by atoms with Crippen LogP contribution in [-0.4, -0.2) is 4.98 Å². The second kappa shape index (κ2) is 11.2. The second-order valence-corrected chi connectivity index (χ2v) is 3.30. The first-order valence-corrected chi connectivity index (χ1v) is 6.39. The van der Waals surface area contributed by atoms with E-state index in [1.807, 2.05) is 46.8 Å². The molecule has 0 saturated carbocycles.